The zero-order chi connectivity index (χ0) is 46.2. The van der Waals surface area contributed by atoms with Crippen molar-refractivity contribution in [2.75, 3.05) is 9.80 Å². The SMILES string of the molecule is CC1(C)c2cc(N(c3ccc(C45CC6CC(CC(C6)C4)C5)cc3)c3ccc(C4(c5ccc(N(c6ccccc6)c6ccccc6)cc5)CC=CCC4)cc3)ccc2-c2c(-c3ccccc3)cccc21. The Hall–Kier alpha value is -6.90. The summed E-state index contributed by atoms with van der Waals surface area (Å²) in [6.45, 7) is 4.84. The van der Waals surface area contributed by atoms with Crippen LogP contribution in [0.4, 0.5) is 34.1 Å². The molecule has 1 unspecified atom stereocenters. The Morgan fingerprint density at radius 1 is 0.406 bits per heavy atom. The molecule has 8 aromatic rings. The maximum Gasteiger partial charge on any atom is 0.0465 e. The van der Waals surface area contributed by atoms with Gasteiger partial charge in [-0.05, 0) is 204 Å². The fourth-order valence-corrected chi connectivity index (χ4v) is 14.6. The van der Waals surface area contributed by atoms with Gasteiger partial charge in [0.25, 0.3) is 0 Å². The molecule has 0 heterocycles. The first-order valence-electron chi connectivity index (χ1n) is 25.9. The van der Waals surface area contributed by atoms with Crippen LogP contribution in [0.1, 0.15) is 99.5 Å². The second kappa shape index (κ2) is 16.7. The molecule has 69 heavy (non-hydrogen) atoms. The summed E-state index contributed by atoms with van der Waals surface area (Å²) >= 11 is 0. The molecule has 0 saturated heterocycles. The maximum atomic E-state index is 2.54. The molecule has 0 N–H and O–H groups in total. The molecule has 4 fully saturated rings. The van der Waals surface area contributed by atoms with Crippen molar-refractivity contribution in [3.63, 3.8) is 0 Å². The number of para-hydroxylation sites is 2. The van der Waals surface area contributed by atoms with Gasteiger partial charge in [0.15, 0.2) is 0 Å². The minimum absolute atomic E-state index is 0.125. The molecule has 6 aliphatic rings. The van der Waals surface area contributed by atoms with E-state index in [2.05, 4.69) is 236 Å². The van der Waals surface area contributed by atoms with Crippen molar-refractivity contribution < 1.29 is 0 Å². The normalized spacial score (nSPS) is 23.6. The van der Waals surface area contributed by atoms with E-state index in [1.54, 1.807) is 5.56 Å². The molecule has 8 aromatic carbocycles. The minimum atomic E-state index is -0.154. The van der Waals surface area contributed by atoms with Gasteiger partial charge in [-0.15, -0.1) is 0 Å². The predicted molar refractivity (Wildman–Crippen MR) is 289 cm³/mol. The highest BCUT2D eigenvalue weighted by molar-refractivity contribution is 5.94. The molecule has 0 aliphatic heterocycles. The second-order valence-corrected chi connectivity index (χ2v) is 21.9. The van der Waals surface area contributed by atoms with Crippen LogP contribution in [-0.4, -0.2) is 0 Å². The molecule has 340 valence electrons. The van der Waals surface area contributed by atoms with Crippen LogP contribution in [0.25, 0.3) is 22.3 Å². The summed E-state index contributed by atoms with van der Waals surface area (Å²) in [5.41, 5.74) is 19.6. The zero-order valence-corrected chi connectivity index (χ0v) is 40.2. The van der Waals surface area contributed by atoms with Crippen molar-refractivity contribution in [2.24, 2.45) is 17.8 Å². The monoisotopic (exact) mass is 894 g/mol. The first kappa shape index (κ1) is 42.2. The highest BCUT2D eigenvalue weighted by atomic mass is 15.1. The third-order valence-corrected chi connectivity index (χ3v) is 17.6. The van der Waals surface area contributed by atoms with Crippen LogP contribution in [0.3, 0.4) is 0 Å². The average molecular weight is 895 g/mol. The first-order chi connectivity index (χ1) is 33.9. The van der Waals surface area contributed by atoms with Gasteiger partial charge in [-0.3, -0.25) is 0 Å². The van der Waals surface area contributed by atoms with Crippen LogP contribution < -0.4 is 9.80 Å². The lowest BCUT2D eigenvalue weighted by molar-refractivity contribution is -0.00518. The summed E-state index contributed by atoms with van der Waals surface area (Å²) in [6.07, 6.45) is 16.5. The van der Waals surface area contributed by atoms with Gasteiger partial charge in [-0.25, -0.2) is 0 Å². The summed E-state index contributed by atoms with van der Waals surface area (Å²) in [5, 5.41) is 0. The average Bonchev–Trinajstić information content (AvgIpc) is 3.63. The summed E-state index contributed by atoms with van der Waals surface area (Å²) in [6, 6.07) is 75.7. The van der Waals surface area contributed by atoms with Crippen LogP contribution in [0, 0.1) is 17.8 Å². The van der Waals surface area contributed by atoms with E-state index in [9.17, 15) is 0 Å². The first-order valence-corrected chi connectivity index (χ1v) is 25.9. The number of nitrogens with zero attached hydrogens (tertiary/aromatic N) is 2. The topological polar surface area (TPSA) is 6.48 Å². The van der Waals surface area contributed by atoms with Crippen LogP contribution in [0.15, 0.2) is 212 Å². The van der Waals surface area contributed by atoms with Crippen molar-refractivity contribution in [3.05, 3.63) is 240 Å². The zero-order valence-electron chi connectivity index (χ0n) is 40.2. The summed E-state index contributed by atoms with van der Waals surface area (Å²) in [4.78, 5) is 4.89. The van der Waals surface area contributed by atoms with Crippen molar-refractivity contribution in [2.45, 2.75) is 87.9 Å². The Balaban J connectivity index is 0.890. The lowest BCUT2D eigenvalue weighted by atomic mass is 9.48. The lowest BCUT2D eigenvalue weighted by Crippen LogP contribution is -2.48. The van der Waals surface area contributed by atoms with E-state index in [-0.39, 0.29) is 10.8 Å². The summed E-state index contributed by atoms with van der Waals surface area (Å²) in [7, 11) is 0. The van der Waals surface area contributed by atoms with Gasteiger partial charge in [0, 0.05) is 45.0 Å². The third-order valence-electron chi connectivity index (χ3n) is 17.6. The molecular weight excluding hydrogens is 833 g/mol. The molecule has 14 rings (SSSR count). The van der Waals surface area contributed by atoms with E-state index >= 15 is 0 Å². The highest BCUT2D eigenvalue weighted by Gasteiger charge is 2.51. The quantitative estimate of drug-likeness (QED) is 0.126. The molecule has 2 nitrogen and oxygen atoms in total. The van der Waals surface area contributed by atoms with Gasteiger partial charge < -0.3 is 9.80 Å². The molecule has 0 aromatic heterocycles. The number of hydrogen-bond acceptors (Lipinski definition) is 2. The number of hydrogen-bond donors (Lipinski definition) is 0. The number of benzene rings is 8. The van der Waals surface area contributed by atoms with E-state index in [1.165, 1.54) is 100 Å². The fourth-order valence-electron chi connectivity index (χ4n) is 14.6. The molecule has 0 radical (unpaired) electrons. The Morgan fingerprint density at radius 2 is 0.884 bits per heavy atom. The second-order valence-electron chi connectivity index (χ2n) is 21.9. The molecule has 6 aliphatic carbocycles. The van der Waals surface area contributed by atoms with Gasteiger partial charge in [-0.1, -0.05) is 153 Å². The van der Waals surface area contributed by atoms with Gasteiger partial charge >= 0.3 is 0 Å². The van der Waals surface area contributed by atoms with Crippen molar-refractivity contribution in [1.82, 2.24) is 0 Å². The molecule has 4 saturated carbocycles. The Kier molecular flexibility index (Phi) is 10.2. The van der Waals surface area contributed by atoms with Gasteiger partial charge in [0.2, 0.25) is 0 Å². The molecule has 1 atom stereocenters. The van der Waals surface area contributed by atoms with Gasteiger partial charge in [0.1, 0.15) is 0 Å². The van der Waals surface area contributed by atoms with Crippen LogP contribution >= 0.6 is 0 Å². The number of rotatable bonds is 10. The third kappa shape index (κ3) is 7.12. The van der Waals surface area contributed by atoms with Crippen LogP contribution in [-0.2, 0) is 16.2 Å². The van der Waals surface area contributed by atoms with Crippen molar-refractivity contribution >= 4 is 34.1 Å². The predicted octanol–water partition coefficient (Wildman–Crippen LogP) is 18.1. The Morgan fingerprint density at radius 3 is 1.41 bits per heavy atom. The Labute approximate surface area is 410 Å². The van der Waals surface area contributed by atoms with E-state index in [0.717, 1.165) is 54.1 Å². The molecule has 2 heteroatoms. The number of allylic oxidation sites excluding steroid dienone is 2. The van der Waals surface area contributed by atoms with Crippen LogP contribution in [0.2, 0.25) is 0 Å². The molecule has 0 amide bonds. The summed E-state index contributed by atoms with van der Waals surface area (Å²) < 4.78 is 0. The van der Waals surface area contributed by atoms with E-state index in [0.29, 0.717) is 5.41 Å². The molecule has 4 bridgehead atoms. The van der Waals surface area contributed by atoms with Gasteiger partial charge in [-0.2, -0.15) is 0 Å². The van der Waals surface area contributed by atoms with Crippen molar-refractivity contribution in [3.8, 4) is 22.3 Å². The number of fused-ring (bicyclic) bond motifs is 3. The van der Waals surface area contributed by atoms with Gasteiger partial charge in [0.05, 0.1) is 0 Å². The summed E-state index contributed by atoms with van der Waals surface area (Å²) in [5.74, 6) is 2.77. The maximum absolute atomic E-state index is 2.54. The lowest BCUT2D eigenvalue weighted by Gasteiger charge is -2.57. The smallest absolute Gasteiger partial charge is 0.0465 e. The highest BCUT2D eigenvalue weighted by Crippen LogP contribution is 2.61. The minimum Gasteiger partial charge on any atom is -0.311 e. The van der Waals surface area contributed by atoms with E-state index in [4.69, 9.17) is 0 Å². The Bertz CT molecular complexity index is 3090. The number of anilines is 6. The van der Waals surface area contributed by atoms with Crippen molar-refractivity contribution in [1.29, 1.82) is 0 Å². The molecule has 0 spiro atoms. The van der Waals surface area contributed by atoms with Crippen LogP contribution in [0.5, 0.6) is 0 Å². The fraction of sp³-hybridized carbons (Fsp3) is 0.254. The largest absolute Gasteiger partial charge is 0.311 e. The van der Waals surface area contributed by atoms with E-state index < -0.39 is 0 Å². The van der Waals surface area contributed by atoms with E-state index in [1.807, 2.05) is 0 Å². The standard InChI is InChI=1S/C67H62N2/c1-65(2)62-23-15-22-60(50-16-7-3-8-17-50)64(62)61-37-36-59(43-63(61)65)69(57-30-24-51(25-31-57)66-44-47-40-48(45-66)42-49(41-47)46-66)58-34-28-53(29-35-58)67(38-13-6-14-39-67)52-26-32-56(33-27-52)68(54-18-9-4-10-19-54)55-20-11-5-12-21-55/h3-13,15-37,43,47-49H,14,38-42,44-46H2,1-2H3. The molecular formula is C67H62N2.